The molecule has 9 nitrogen and oxygen atoms in total. The second kappa shape index (κ2) is 13.8. The number of amidine groups is 1. The Balaban J connectivity index is 1.33. The SMILES string of the molecule is C[C@H](N)CCCc1cc(Cl)c(F)c(-c2cc3cn(-c4ccc([C@@H]5CNC[C@H](CCNC(=N)CF)O5)cc4)c(=O)nc3[nH]2)c1. The maximum absolute atomic E-state index is 15.1. The molecule has 0 bridgehead atoms. The van der Waals surface area contributed by atoms with Crippen LogP contribution in [0.4, 0.5) is 8.78 Å². The highest BCUT2D eigenvalue weighted by molar-refractivity contribution is 6.31. The normalized spacial score (nSPS) is 17.7. The van der Waals surface area contributed by atoms with Crippen molar-refractivity contribution in [2.75, 3.05) is 26.3 Å². The van der Waals surface area contributed by atoms with E-state index in [2.05, 4.69) is 20.6 Å². The van der Waals surface area contributed by atoms with Gasteiger partial charge in [0.25, 0.3) is 0 Å². The summed E-state index contributed by atoms with van der Waals surface area (Å²) >= 11 is 6.24. The summed E-state index contributed by atoms with van der Waals surface area (Å²) in [6.07, 6.45) is 4.49. The lowest BCUT2D eigenvalue weighted by atomic mass is 10.0. The second-order valence-electron chi connectivity index (χ2n) is 11.0. The maximum Gasteiger partial charge on any atom is 0.354 e. The summed E-state index contributed by atoms with van der Waals surface area (Å²) in [6.45, 7) is 2.91. The molecule has 1 aliphatic heterocycles. The Hall–Kier alpha value is -3.64. The van der Waals surface area contributed by atoms with Crippen LogP contribution >= 0.6 is 11.6 Å². The van der Waals surface area contributed by atoms with Crippen molar-refractivity contribution in [3.05, 3.63) is 81.1 Å². The molecule has 4 aromatic rings. The number of H-pyrrole nitrogens is 1. The maximum atomic E-state index is 15.1. The number of hydrogen-bond donors (Lipinski definition) is 5. The van der Waals surface area contributed by atoms with E-state index in [-0.39, 0.29) is 29.1 Å². The number of nitrogens with one attached hydrogen (secondary N) is 4. The fourth-order valence-corrected chi connectivity index (χ4v) is 5.53. The topological polar surface area (TPSA) is 134 Å². The number of ether oxygens (including phenoxy) is 1. The van der Waals surface area contributed by atoms with Gasteiger partial charge in [-0.05, 0) is 74.1 Å². The molecule has 0 unspecified atom stereocenters. The van der Waals surface area contributed by atoms with Gasteiger partial charge in [-0.3, -0.25) is 9.98 Å². The van der Waals surface area contributed by atoms with Crippen molar-refractivity contribution in [1.82, 2.24) is 25.2 Å². The number of aryl methyl sites for hydroxylation is 1. The van der Waals surface area contributed by atoms with Crippen molar-refractivity contribution < 1.29 is 13.5 Å². The molecule has 0 amide bonds. The van der Waals surface area contributed by atoms with Gasteiger partial charge in [-0.2, -0.15) is 4.98 Å². The fraction of sp³-hybridized carbons (Fsp3) is 0.387. The smallest absolute Gasteiger partial charge is 0.354 e. The minimum Gasteiger partial charge on any atom is -0.372 e. The van der Waals surface area contributed by atoms with Crippen LogP contribution in [0.1, 0.15) is 43.4 Å². The molecule has 0 radical (unpaired) electrons. The number of aromatic amines is 1. The first-order chi connectivity index (χ1) is 20.7. The van der Waals surface area contributed by atoms with E-state index in [1.807, 2.05) is 31.2 Å². The monoisotopic (exact) mass is 611 g/mol. The first-order valence-corrected chi connectivity index (χ1v) is 14.8. The number of rotatable bonds is 11. The Morgan fingerprint density at radius 2 is 2.07 bits per heavy atom. The fourth-order valence-electron chi connectivity index (χ4n) is 5.29. The molecule has 1 saturated heterocycles. The van der Waals surface area contributed by atoms with Crippen LogP contribution in [0.3, 0.4) is 0 Å². The van der Waals surface area contributed by atoms with E-state index in [1.165, 1.54) is 4.57 Å². The second-order valence-corrected chi connectivity index (χ2v) is 11.4. The van der Waals surface area contributed by atoms with Gasteiger partial charge in [-0.1, -0.05) is 23.7 Å². The summed E-state index contributed by atoms with van der Waals surface area (Å²) in [5.41, 5.74) is 9.04. The van der Waals surface area contributed by atoms with Gasteiger partial charge in [-0.15, -0.1) is 0 Å². The third-order valence-corrected chi connectivity index (χ3v) is 7.83. The molecular formula is C31H36ClF2N7O2. The van der Waals surface area contributed by atoms with E-state index in [4.69, 9.17) is 27.5 Å². The molecular weight excluding hydrogens is 576 g/mol. The van der Waals surface area contributed by atoms with E-state index in [9.17, 15) is 9.18 Å². The summed E-state index contributed by atoms with van der Waals surface area (Å²) in [5.74, 6) is -0.670. The number of benzene rings is 2. The minimum atomic E-state index is -0.813. The number of hydrogen-bond acceptors (Lipinski definition) is 6. The van der Waals surface area contributed by atoms with E-state index in [0.29, 0.717) is 54.0 Å². The zero-order valence-corrected chi connectivity index (χ0v) is 24.7. The molecule has 2 aromatic heterocycles. The van der Waals surface area contributed by atoms with Gasteiger partial charge in [0.1, 0.15) is 18.2 Å². The van der Waals surface area contributed by atoms with Gasteiger partial charge in [0.2, 0.25) is 0 Å². The Bertz CT molecular complexity index is 1640. The number of aromatic nitrogens is 3. The molecule has 228 valence electrons. The van der Waals surface area contributed by atoms with Crippen molar-refractivity contribution in [3.63, 3.8) is 0 Å². The van der Waals surface area contributed by atoms with Crippen molar-refractivity contribution >= 4 is 28.5 Å². The lowest BCUT2D eigenvalue weighted by Crippen LogP contribution is -2.42. The Morgan fingerprint density at radius 3 is 2.81 bits per heavy atom. The molecule has 43 heavy (non-hydrogen) atoms. The summed E-state index contributed by atoms with van der Waals surface area (Å²) < 4.78 is 35.2. The average Bonchev–Trinajstić information content (AvgIpc) is 3.41. The predicted molar refractivity (Wildman–Crippen MR) is 165 cm³/mol. The lowest BCUT2D eigenvalue weighted by Gasteiger charge is -2.31. The molecule has 12 heteroatoms. The Morgan fingerprint density at radius 1 is 1.28 bits per heavy atom. The zero-order valence-electron chi connectivity index (χ0n) is 23.9. The molecule has 3 atom stereocenters. The zero-order chi connectivity index (χ0) is 30.5. The summed E-state index contributed by atoms with van der Waals surface area (Å²) in [4.78, 5) is 20.3. The standard InChI is InChI=1S/C31H36ClF2N7O2/c1-18(35)3-2-4-19-11-24(29(34)25(32)12-19)26-13-21-17-41(31(42)40-30(21)39-26)22-7-5-20(6-8-22)27-16-37-15-23(43-27)9-10-38-28(36)14-33/h5-8,11-13,17-18,23,27,37H,2-4,9-10,14-16,35H2,1H3,(H2,36,38)(H,39,40,42)/t18-,23-,27-/m0/s1. The largest absolute Gasteiger partial charge is 0.372 e. The van der Waals surface area contributed by atoms with Crippen LogP contribution in [-0.2, 0) is 11.2 Å². The molecule has 5 rings (SSSR count). The number of nitrogens with two attached hydrogens (primary N) is 1. The van der Waals surface area contributed by atoms with Gasteiger partial charge in [0.15, 0.2) is 5.82 Å². The van der Waals surface area contributed by atoms with Crippen molar-refractivity contribution in [2.45, 2.75) is 50.9 Å². The summed E-state index contributed by atoms with van der Waals surface area (Å²) in [6, 6.07) is 12.8. The van der Waals surface area contributed by atoms with Crippen LogP contribution in [0.5, 0.6) is 0 Å². The van der Waals surface area contributed by atoms with E-state index in [1.54, 1.807) is 24.4 Å². The molecule has 3 heterocycles. The number of fused-ring (bicyclic) bond motifs is 1. The van der Waals surface area contributed by atoms with Crippen LogP contribution < -0.4 is 22.1 Å². The van der Waals surface area contributed by atoms with Crippen LogP contribution in [-0.4, -0.2) is 58.8 Å². The predicted octanol–water partition coefficient (Wildman–Crippen LogP) is 4.80. The summed E-state index contributed by atoms with van der Waals surface area (Å²) in [7, 11) is 0. The van der Waals surface area contributed by atoms with E-state index in [0.717, 1.165) is 30.4 Å². The van der Waals surface area contributed by atoms with Crippen molar-refractivity contribution in [2.24, 2.45) is 5.73 Å². The van der Waals surface area contributed by atoms with Gasteiger partial charge < -0.3 is 26.1 Å². The molecule has 0 saturated carbocycles. The van der Waals surface area contributed by atoms with Crippen LogP contribution in [0.25, 0.3) is 28.0 Å². The Labute approximate surface area is 253 Å². The van der Waals surface area contributed by atoms with E-state index >= 15 is 4.39 Å². The summed E-state index contributed by atoms with van der Waals surface area (Å²) in [5, 5.41) is 14.2. The minimum absolute atomic E-state index is 0.0389. The molecule has 6 N–H and O–H groups in total. The van der Waals surface area contributed by atoms with E-state index < -0.39 is 18.2 Å². The van der Waals surface area contributed by atoms with Gasteiger partial charge in [-0.25, -0.2) is 13.6 Å². The van der Waals surface area contributed by atoms with Crippen LogP contribution in [0.15, 0.2) is 53.5 Å². The number of nitrogens with zero attached hydrogens (tertiary/aromatic N) is 2. The highest BCUT2D eigenvalue weighted by atomic mass is 35.5. The lowest BCUT2D eigenvalue weighted by molar-refractivity contribution is -0.0414. The van der Waals surface area contributed by atoms with Gasteiger partial charge >= 0.3 is 5.69 Å². The van der Waals surface area contributed by atoms with Crippen LogP contribution in [0, 0.1) is 11.2 Å². The van der Waals surface area contributed by atoms with Crippen molar-refractivity contribution in [1.29, 1.82) is 5.41 Å². The molecule has 0 spiro atoms. The van der Waals surface area contributed by atoms with Crippen molar-refractivity contribution in [3.8, 4) is 16.9 Å². The highest BCUT2D eigenvalue weighted by Crippen LogP contribution is 2.31. The molecule has 2 aromatic carbocycles. The first kappa shape index (κ1) is 30.8. The Kier molecular flexibility index (Phi) is 9.86. The quantitative estimate of drug-likeness (QED) is 0.122. The first-order valence-electron chi connectivity index (χ1n) is 14.4. The number of alkyl halides is 1. The number of morpholine rings is 1. The molecule has 0 aliphatic carbocycles. The van der Waals surface area contributed by atoms with Crippen LogP contribution in [0.2, 0.25) is 5.02 Å². The third-order valence-electron chi connectivity index (χ3n) is 7.55. The molecule has 1 fully saturated rings. The third kappa shape index (κ3) is 7.48. The number of halogens is 3. The highest BCUT2D eigenvalue weighted by Gasteiger charge is 2.23. The molecule has 1 aliphatic rings. The van der Waals surface area contributed by atoms with Gasteiger partial charge in [0, 0.05) is 42.8 Å². The average molecular weight is 612 g/mol. The van der Waals surface area contributed by atoms with Gasteiger partial charge in [0.05, 0.1) is 28.6 Å².